The summed E-state index contributed by atoms with van der Waals surface area (Å²) in [5.41, 5.74) is 0. The molecular weight excluding hydrogens is 181 g/mol. The lowest BCUT2D eigenvalue weighted by molar-refractivity contribution is -0.203. The Morgan fingerprint density at radius 1 is 0.923 bits per heavy atom. The van der Waals surface area contributed by atoms with Crippen molar-refractivity contribution < 1.29 is 18.3 Å². The molecular formula is C9H15F3O. The molecule has 78 valence electrons. The molecule has 0 aromatic heterocycles. The Bertz CT molecular complexity index is 155. The van der Waals surface area contributed by atoms with Crippen molar-refractivity contribution in [1.82, 2.24) is 0 Å². The second-order valence-electron chi connectivity index (χ2n) is 3.71. The maximum Gasteiger partial charge on any atom is 0.394 e. The quantitative estimate of drug-likeness (QED) is 0.631. The molecule has 1 saturated carbocycles. The fourth-order valence-electron chi connectivity index (χ4n) is 1.85. The first-order chi connectivity index (χ1) is 6.02. The summed E-state index contributed by atoms with van der Waals surface area (Å²) in [6, 6.07) is 0. The fourth-order valence-corrected chi connectivity index (χ4v) is 1.85. The Hall–Kier alpha value is -0.250. The Morgan fingerprint density at radius 3 is 2.00 bits per heavy atom. The van der Waals surface area contributed by atoms with Crippen molar-refractivity contribution in [2.45, 2.75) is 50.8 Å². The summed E-state index contributed by atoms with van der Waals surface area (Å²) in [6.07, 6.45) is -1.91. The van der Waals surface area contributed by atoms with Crippen LogP contribution in [0.5, 0.6) is 0 Å². The van der Waals surface area contributed by atoms with Gasteiger partial charge in [0.2, 0.25) is 0 Å². The Balaban J connectivity index is 2.56. The molecule has 0 heterocycles. The van der Waals surface area contributed by atoms with Gasteiger partial charge in [0.25, 0.3) is 0 Å². The number of aliphatic hydroxyl groups is 1. The molecule has 0 aliphatic heterocycles. The number of halogens is 3. The van der Waals surface area contributed by atoms with E-state index in [9.17, 15) is 18.3 Å². The zero-order chi connectivity index (χ0) is 9.90. The van der Waals surface area contributed by atoms with E-state index in [0.29, 0.717) is 19.3 Å². The zero-order valence-electron chi connectivity index (χ0n) is 7.48. The van der Waals surface area contributed by atoms with Crippen molar-refractivity contribution in [3.63, 3.8) is 0 Å². The van der Waals surface area contributed by atoms with Crippen molar-refractivity contribution in [3.05, 3.63) is 0 Å². The van der Waals surface area contributed by atoms with E-state index in [1.54, 1.807) is 0 Å². The predicted octanol–water partition coefficient (Wildman–Crippen LogP) is 2.88. The monoisotopic (exact) mass is 196 g/mol. The van der Waals surface area contributed by atoms with Gasteiger partial charge in [-0.05, 0) is 12.8 Å². The number of alkyl halides is 3. The van der Waals surface area contributed by atoms with Crippen LogP contribution in [-0.2, 0) is 0 Å². The van der Waals surface area contributed by atoms with E-state index in [-0.39, 0.29) is 6.42 Å². The molecule has 4 heteroatoms. The maximum atomic E-state index is 12.3. The Kier molecular flexibility index (Phi) is 3.59. The van der Waals surface area contributed by atoms with Gasteiger partial charge in [-0.1, -0.05) is 25.7 Å². The summed E-state index contributed by atoms with van der Waals surface area (Å²) in [5.74, 6) is -1.49. The lowest BCUT2D eigenvalue weighted by atomic mass is 9.88. The third-order valence-corrected chi connectivity index (χ3v) is 2.65. The van der Waals surface area contributed by atoms with Crippen molar-refractivity contribution in [1.29, 1.82) is 0 Å². The summed E-state index contributed by atoms with van der Waals surface area (Å²) >= 11 is 0. The lowest BCUT2D eigenvalue weighted by Crippen LogP contribution is -2.34. The normalized spacial score (nSPS) is 32.3. The molecule has 2 unspecified atom stereocenters. The van der Waals surface area contributed by atoms with E-state index in [2.05, 4.69) is 0 Å². The van der Waals surface area contributed by atoms with Crippen LogP contribution in [0.3, 0.4) is 0 Å². The van der Waals surface area contributed by atoms with Crippen LogP contribution in [-0.4, -0.2) is 17.4 Å². The van der Waals surface area contributed by atoms with E-state index >= 15 is 0 Å². The second kappa shape index (κ2) is 4.31. The lowest BCUT2D eigenvalue weighted by Gasteiger charge is -2.27. The fraction of sp³-hybridized carbons (Fsp3) is 1.00. The molecule has 1 aliphatic carbocycles. The molecule has 0 spiro atoms. The number of aliphatic hydroxyl groups excluding tert-OH is 1. The number of hydrogen-bond donors (Lipinski definition) is 1. The average Bonchev–Trinajstić information content (AvgIpc) is 1.94. The van der Waals surface area contributed by atoms with Crippen molar-refractivity contribution in [2.75, 3.05) is 0 Å². The molecule has 0 bridgehead atoms. The summed E-state index contributed by atoms with van der Waals surface area (Å²) in [4.78, 5) is 0. The minimum absolute atomic E-state index is 0.0880. The standard InChI is InChI=1S/C9H15F3O/c10-9(11,12)7-5-3-1-2-4-6-8(7)13/h7-8,13H,1-6H2. The van der Waals surface area contributed by atoms with E-state index in [0.717, 1.165) is 12.8 Å². The first-order valence-electron chi connectivity index (χ1n) is 4.76. The molecule has 0 radical (unpaired) electrons. The van der Waals surface area contributed by atoms with E-state index in [4.69, 9.17) is 0 Å². The molecule has 1 N–H and O–H groups in total. The largest absolute Gasteiger partial charge is 0.394 e. The SMILES string of the molecule is OC1CCCCCCC1C(F)(F)F. The number of hydrogen-bond acceptors (Lipinski definition) is 1. The van der Waals surface area contributed by atoms with E-state index < -0.39 is 18.2 Å². The van der Waals surface area contributed by atoms with Crippen LogP contribution in [0.1, 0.15) is 38.5 Å². The van der Waals surface area contributed by atoms with Crippen LogP contribution in [0.4, 0.5) is 13.2 Å². The molecule has 1 fully saturated rings. The summed E-state index contributed by atoms with van der Waals surface area (Å²) < 4.78 is 37.0. The molecule has 0 aromatic carbocycles. The van der Waals surface area contributed by atoms with Crippen LogP contribution < -0.4 is 0 Å². The maximum absolute atomic E-state index is 12.3. The second-order valence-corrected chi connectivity index (χ2v) is 3.71. The van der Waals surface area contributed by atoms with Gasteiger partial charge < -0.3 is 5.11 Å². The van der Waals surface area contributed by atoms with Crippen molar-refractivity contribution in [3.8, 4) is 0 Å². The average molecular weight is 196 g/mol. The van der Waals surface area contributed by atoms with Gasteiger partial charge in [-0.3, -0.25) is 0 Å². The van der Waals surface area contributed by atoms with Crippen LogP contribution in [0.15, 0.2) is 0 Å². The van der Waals surface area contributed by atoms with Gasteiger partial charge in [-0.25, -0.2) is 0 Å². The Labute approximate surface area is 75.9 Å². The van der Waals surface area contributed by atoms with Gasteiger partial charge >= 0.3 is 6.18 Å². The summed E-state index contributed by atoms with van der Waals surface area (Å²) in [5, 5.41) is 9.29. The van der Waals surface area contributed by atoms with Crippen LogP contribution in [0, 0.1) is 5.92 Å². The third kappa shape index (κ3) is 3.18. The highest BCUT2D eigenvalue weighted by Gasteiger charge is 2.43. The highest BCUT2D eigenvalue weighted by molar-refractivity contribution is 4.77. The topological polar surface area (TPSA) is 20.2 Å². The van der Waals surface area contributed by atoms with Gasteiger partial charge in [0.15, 0.2) is 0 Å². The highest BCUT2D eigenvalue weighted by Crippen LogP contribution is 2.36. The number of rotatable bonds is 0. The Morgan fingerprint density at radius 2 is 1.46 bits per heavy atom. The summed E-state index contributed by atoms with van der Waals surface area (Å²) in [6.45, 7) is 0. The molecule has 1 aliphatic rings. The van der Waals surface area contributed by atoms with E-state index in [1.165, 1.54) is 0 Å². The van der Waals surface area contributed by atoms with Crippen LogP contribution in [0.25, 0.3) is 0 Å². The van der Waals surface area contributed by atoms with Gasteiger partial charge in [0.1, 0.15) is 0 Å². The molecule has 13 heavy (non-hydrogen) atoms. The highest BCUT2D eigenvalue weighted by atomic mass is 19.4. The molecule has 0 amide bonds. The first kappa shape index (κ1) is 10.8. The molecule has 1 rings (SSSR count). The van der Waals surface area contributed by atoms with Crippen LogP contribution >= 0.6 is 0 Å². The van der Waals surface area contributed by atoms with Gasteiger partial charge in [0, 0.05) is 0 Å². The molecule has 0 saturated heterocycles. The van der Waals surface area contributed by atoms with Gasteiger partial charge in [0.05, 0.1) is 12.0 Å². The minimum Gasteiger partial charge on any atom is -0.392 e. The summed E-state index contributed by atoms with van der Waals surface area (Å²) in [7, 11) is 0. The smallest absolute Gasteiger partial charge is 0.392 e. The van der Waals surface area contributed by atoms with E-state index in [1.807, 2.05) is 0 Å². The third-order valence-electron chi connectivity index (χ3n) is 2.65. The molecule has 2 atom stereocenters. The van der Waals surface area contributed by atoms with Crippen molar-refractivity contribution >= 4 is 0 Å². The molecule has 0 aromatic rings. The van der Waals surface area contributed by atoms with Crippen LogP contribution in [0.2, 0.25) is 0 Å². The first-order valence-corrected chi connectivity index (χ1v) is 4.76. The molecule has 1 nitrogen and oxygen atoms in total. The van der Waals surface area contributed by atoms with Crippen molar-refractivity contribution in [2.24, 2.45) is 5.92 Å². The zero-order valence-corrected chi connectivity index (χ0v) is 7.48. The van der Waals surface area contributed by atoms with Gasteiger partial charge in [-0.2, -0.15) is 13.2 Å². The minimum atomic E-state index is -4.23. The van der Waals surface area contributed by atoms with Gasteiger partial charge in [-0.15, -0.1) is 0 Å². The predicted molar refractivity (Wildman–Crippen MR) is 43.3 cm³/mol.